The van der Waals surface area contributed by atoms with Crippen molar-refractivity contribution in [1.29, 1.82) is 0 Å². The van der Waals surface area contributed by atoms with Crippen molar-refractivity contribution in [3.8, 4) is 17.4 Å². The average molecular weight is 292 g/mol. The van der Waals surface area contributed by atoms with E-state index in [0.29, 0.717) is 17.7 Å². The monoisotopic (exact) mass is 291 g/mol. The molecule has 0 fully saturated rings. The molecule has 0 saturated carbocycles. The number of nitrogens with zero attached hydrogens (tertiary/aromatic N) is 1. The molecule has 0 spiro atoms. The van der Waals surface area contributed by atoms with Crippen molar-refractivity contribution in [1.82, 2.24) is 4.98 Å². The lowest BCUT2D eigenvalue weighted by atomic mass is 10.1. The third kappa shape index (κ3) is 3.64. The third-order valence-corrected chi connectivity index (χ3v) is 3.22. The summed E-state index contributed by atoms with van der Waals surface area (Å²) in [5.41, 5.74) is 1.99. The van der Waals surface area contributed by atoms with Crippen LogP contribution in [0.25, 0.3) is 0 Å². The molecule has 106 valence electrons. The van der Waals surface area contributed by atoms with Crippen molar-refractivity contribution >= 4 is 11.6 Å². The SMILES string of the molecule is COc1ccc(Oc2cc(CCl)cc(C(C)C)n2)cc1. The van der Waals surface area contributed by atoms with Gasteiger partial charge in [-0.2, -0.15) is 0 Å². The molecule has 1 aromatic carbocycles. The molecule has 4 heteroatoms. The van der Waals surface area contributed by atoms with Crippen LogP contribution in [0.4, 0.5) is 0 Å². The fourth-order valence-corrected chi connectivity index (χ4v) is 1.93. The van der Waals surface area contributed by atoms with Gasteiger partial charge in [-0.3, -0.25) is 0 Å². The number of hydrogen-bond donors (Lipinski definition) is 0. The largest absolute Gasteiger partial charge is 0.497 e. The molecule has 0 bridgehead atoms. The van der Waals surface area contributed by atoms with Crippen molar-refractivity contribution < 1.29 is 9.47 Å². The van der Waals surface area contributed by atoms with Crippen LogP contribution in [0.3, 0.4) is 0 Å². The molecular formula is C16H18ClNO2. The van der Waals surface area contributed by atoms with Crippen LogP contribution >= 0.6 is 11.6 Å². The number of pyridine rings is 1. The number of ether oxygens (including phenoxy) is 2. The van der Waals surface area contributed by atoms with Gasteiger partial charge in [0.25, 0.3) is 0 Å². The van der Waals surface area contributed by atoms with Gasteiger partial charge in [-0.15, -0.1) is 11.6 Å². The van der Waals surface area contributed by atoms with E-state index >= 15 is 0 Å². The first kappa shape index (κ1) is 14.7. The minimum absolute atomic E-state index is 0.330. The minimum atomic E-state index is 0.330. The van der Waals surface area contributed by atoms with Crippen LogP contribution in [0.5, 0.6) is 17.4 Å². The van der Waals surface area contributed by atoms with Gasteiger partial charge in [0.05, 0.1) is 7.11 Å². The molecule has 1 heterocycles. The first-order chi connectivity index (χ1) is 9.62. The normalized spacial score (nSPS) is 10.7. The van der Waals surface area contributed by atoms with E-state index in [1.165, 1.54) is 0 Å². The second kappa shape index (κ2) is 6.62. The van der Waals surface area contributed by atoms with E-state index in [0.717, 1.165) is 22.8 Å². The molecule has 20 heavy (non-hydrogen) atoms. The molecule has 0 aliphatic rings. The Labute approximate surface area is 124 Å². The summed E-state index contributed by atoms with van der Waals surface area (Å²) in [5.74, 6) is 2.86. The average Bonchev–Trinajstić information content (AvgIpc) is 2.47. The summed E-state index contributed by atoms with van der Waals surface area (Å²) in [4.78, 5) is 4.51. The Hall–Kier alpha value is -1.74. The van der Waals surface area contributed by atoms with Crippen molar-refractivity contribution in [3.05, 3.63) is 47.7 Å². The van der Waals surface area contributed by atoms with Gasteiger partial charge in [0.2, 0.25) is 5.88 Å². The maximum atomic E-state index is 5.92. The predicted octanol–water partition coefficient (Wildman–Crippen LogP) is 4.74. The van der Waals surface area contributed by atoms with Gasteiger partial charge in [-0.25, -0.2) is 4.98 Å². The number of rotatable bonds is 5. The predicted molar refractivity (Wildman–Crippen MR) is 81.0 cm³/mol. The highest BCUT2D eigenvalue weighted by Crippen LogP contribution is 2.26. The van der Waals surface area contributed by atoms with E-state index in [1.54, 1.807) is 7.11 Å². The molecule has 2 rings (SSSR count). The summed E-state index contributed by atoms with van der Waals surface area (Å²) in [6.45, 7) is 4.19. The lowest BCUT2D eigenvalue weighted by molar-refractivity contribution is 0.412. The van der Waals surface area contributed by atoms with E-state index in [-0.39, 0.29) is 0 Å². The zero-order valence-corrected chi connectivity index (χ0v) is 12.6. The Kier molecular flexibility index (Phi) is 4.85. The first-order valence-electron chi connectivity index (χ1n) is 6.51. The van der Waals surface area contributed by atoms with Gasteiger partial charge in [-0.05, 0) is 41.8 Å². The van der Waals surface area contributed by atoms with Gasteiger partial charge >= 0.3 is 0 Å². The van der Waals surface area contributed by atoms with Gasteiger partial charge in [-0.1, -0.05) is 13.8 Å². The Bertz CT molecular complexity index is 567. The number of hydrogen-bond acceptors (Lipinski definition) is 3. The molecule has 0 aliphatic heterocycles. The molecule has 0 unspecified atom stereocenters. The second-order valence-electron chi connectivity index (χ2n) is 4.80. The number of alkyl halides is 1. The molecule has 0 amide bonds. The van der Waals surface area contributed by atoms with Crippen molar-refractivity contribution in [2.45, 2.75) is 25.6 Å². The van der Waals surface area contributed by atoms with Gasteiger partial charge in [0.1, 0.15) is 11.5 Å². The van der Waals surface area contributed by atoms with Gasteiger partial charge in [0.15, 0.2) is 0 Å². The summed E-state index contributed by atoms with van der Waals surface area (Å²) < 4.78 is 10.9. The Morgan fingerprint density at radius 3 is 2.30 bits per heavy atom. The topological polar surface area (TPSA) is 31.4 Å². The van der Waals surface area contributed by atoms with E-state index in [4.69, 9.17) is 21.1 Å². The summed E-state index contributed by atoms with van der Waals surface area (Å²) in [7, 11) is 1.64. The number of aromatic nitrogens is 1. The standard InChI is InChI=1S/C16H18ClNO2/c1-11(2)15-8-12(10-17)9-16(18-15)20-14-6-4-13(19-3)5-7-14/h4-9,11H,10H2,1-3H3. The van der Waals surface area contributed by atoms with Crippen molar-refractivity contribution in [3.63, 3.8) is 0 Å². The van der Waals surface area contributed by atoms with E-state index < -0.39 is 0 Å². The molecule has 0 atom stereocenters. The van der Waals surface area contributed by atoms with E-state index in [2.05, 4.69) is 18.8 Å². The van der Waals surface area contributed by atoms with E-state index in [9.17, 15) is 0 Å². The van der Waals surface area contributed by atoms with Crippen LogP contribution in [-0.4, -0.2) is 12.1 Å². The fraction of sp³-hybridized carbons (Fsp3) is 0.312. The first-order valence-corrected chi connectivity index (χ1v) is 7.04. The summed E-state index contributed by atoms with van der Waals surface area (Å²) in [6, 6.07) is 11.3. The molecule has 1 aromatic heterocycles. The Morgan fingerprint density at radius 2 is 1.75 bits per heavy atom. The highest BCUT2D eigenvalue weighted by atomic mass is 35.5. The third-order valence-electron chi connectivity index (χ3n) is 2.91. The van der Waals surface area contributed by atoms with Gasteiger partial charge < -0.3 is 9.47 Å². The van der Waals surface area contributed by atoms with Crippen LogP contribution in [0.1, 0.15) is 31.0 Å². The van der Waals surface area contributed by atoms with Crippen LogP contribution < -0.4 is 9.47 Å². The maximum Gasteiger partial charge on any atom is 0.219 e. The zero-order valence-electron chi connectivity index (χ0n) is 11.9. The smallest absolute Gasteiger partial charge is 0.219 e. The molecule has 0 aliphatic carbocycles. The Balaban J connectivity index is 2.24. The molecule has 3 nitrogen and oxygen atoms in total. The number of halogens is 1. The van der Waals surface area contributed by atoms with Crippen molar-refractivity contribution in [2.24, 2.45) is 0 Å². The van der Waals surface area contributed by atoms with Crippen LogP contribution in [0.15, 0.2) is 36.4 Å². The Morgan fingerprint density at radius 1 is 1.10 bits per heavy atom. The molecule has 0 N–H and O–H groups in total. The van der Waals surface area contributed by atoms with Crippen LogP contribution in [-0.2, 0) is 5.88 Å². The highest BCUT2D eigenvalue weighted by Gasteiger charge is 2.08. The zero-order chi connectivity index (χ0) is 14.5. The quantitative estimate of drug-likeness (QED) is 0.745. The summed E-state index contributed by atoms with van der Waals surface area (Å²) in [6.07, 6.45) is 0. The molecule has 2 aromatic rings. The molecule has 0 radical (unpaired) electrons. The lowest BCUT2D eigenvalue weighted by Crippen LogP contribution is -1.98. The fourth-order valence-electron chi connectivity index (χ4n) is 1.77. The summed E-state index contributed by atoms with van der Waals surface area (Å²) in [5, 5.41) is 0. The highest BCUT2D eigenvalue weighted by molar-refractivity contribution is 6.17. The molecule has 0 saturated heterocycles. The van der Waals surface area contributed by atoms with Crippen LogP contribution in [0, 0.1) is 0 Å². The lowest BCUT2D eigenvalue weighted by Gasteiger charge is -2.11. The number of methoxy groups -OCH3 is 1. The number of benzene rings is 1. The summed E-state index contributed by atoms with van der Waals surface area (Å²) >= 11 is 5.92. The van der Waals surface area contributed by atoms with Gasteiger partial charge in [0, 0.05) is 17.6 Å². The minimum Gasteiger partial charge on any atom is -0.497 e. The molecular weight excluding hydrogens is 274 g/mol. The van der Waals surface area contributed by atoms with E-state index in [1.807, 2.05) is 36.4 Å². The second-order valence-corrected chi connectivity index (χ2v) is 5.07. The van der Waals surface area contributed by atoms with Crippen LogP contribution in [0.2, 0.25) is 0 Å². The van der Waals surface area contributed by atoms with Crippen molar-refractivity contribution in [2.75, 3.05) is 7.11 Å². The maximum absolute atomic E-state index is 5.92.